The molecule has 1 heteroatoms. The van der Waals surface area contributed by atoms with Gasteiger partial charge in [0.25, 0.3) is 0 Å². The van der Waals surface area contributed by atoms with Crippen molar-refractivity contribution < 1.29 is 0 Å². The molecule has 0 aliphatic heterocycles. The van der Waals surface area contributed by atoms with Crippen molar-refractivity contribution >= 4 is 31.5 Å². The highest BCUT2D eigenvalue weighted by atomic mass is 32.1. The lowest BCUT2D eigenvalue weighted by Crippen LogP contribution is -1.85. The highest BCUT2D eigenvalue weighted by molar-refractivity contribution is 7.25. The van der Waals surface area contributed by atoms with E-state index in [9.17, 15) is 0 Å². The number of benzene rings is 2. The molecule has 0 amide bonds. The third kappa shape index (κ3) is 2.17. The van der Waals surface area contributed by atoms with Gasteiger partial charge in [-0.2, -0.15) is 0 Å². The first-order valence-corrected chi connectivity index (χ1v) is 7.84. The first kappa shape index (κ1) is 12.7. The van der Waals surface area contributed by atoms with Crippen LogP contribution in [0.15, 0.2) is 36.4 Å². The van der Waals surface area contributed by atoms with Crippen LogP contribution in [0.25, 0.3) is 20.2 Å². The molecule has 1 heterocycles. The minimum absolute atomic E-state index is 0.598. The van der Waals surface area contributed by atoms with Crippen LogP contribution < -0.4 is 0 Å². The molecule has 19 heavy (non-hydrogen) atoms. The molecule has 3 rings (SSSR count). The Labute approximate surface area is 119 Å². The molecule has 1 aromatic heterocycles. The smallest absolute Gasteiger partial charge is 0.0358 e. The van der Waals surface area contributed by atoms with Crippen LogP contribution in [0.5, 0.6) is 0 Å². The summed E-state index contributed by atoms with van der Waals surface area (Å²) in [7, 11) is 0. The molecule has 0 nitrogen and oxygen atoms in total. The van der Waals surface area contributed by atoms with E-state index >= 15 is 0 Å². The lowest BCUT2D eigenvalue weighted by molar-refractivity contribution is 0.869. The monoisotopic (exact) mass is 268 g/mol. The van der Waals surface area contributed by atoms with E-state index < -0.39 is 0 Å². The molecule has 0 fully saturated rings. The summed E-state index contributed by atoms with van der Waals surface area (Å²) < 4.78 is 2.84. The van der Waals surface area contributed by atoms with Crippen LogP contribution in [0.1, 0.15) is 50.7 Å². The van der Waals surface area contributed by atoms with Gasteiger partial charge < -0.3 is 0 Å². The van der Waals surface area contributed by atoms with Crippen molar-refractivity contribution in [1.29, 1.82) is 0 Å². The largest absolute Gasteiger partial charge is 0.135 e. The Bertz CT molecular complexity index is 670. The topological polar surface area (TPSA) is 0 Å². The number of fused-ring (bicyclic) bond motifs is 3. The fourth-order valence-corrected chi connectivity index (χ4v) is 3.73. The summed E-state index contributed by atoms with van der Waals surface area (Å²) in [5.74, 6) is 1.20. The number of thiophene rings is 1. The molecule has 0 N–H and O–H groups in total. The van der Waals surface area contributed by atoms with E-state index in [0.717, 1.165) is 0 Å². The van der Waals surface area contributed by atoms with E-state index in [1.807, 2.05) is 11.3 Å². The van der Waals surface area contributed by atoms with Gasteiger partial charge in [-0.1, -0.05) is 52.0 Å². The molecule has 0 saturated carbocycles. The van der Waals surface area contributed by atoms with Crippen LogP contribution in [-0.4, -0.2) is 0 Å². The highest BCUT2D eigenvalue weighted by Crippen LogP contribution is 2.36. The van der Waals surface area contributed by atoms with Gasteiger partial charge in [-0.25, -0.2) is 0 Å². The summed E-state index contributed by atoms with van der Waals surface area (Å²) in [6.07, 6.45) is 0. The predicted octanol–water partition coefficient (Wildman–Crippen LogP) is 6.30. The van der Waals surface area contributed by atoms with E-state index in [1.54, 1.807) is 0 Å². The summed E-state index contributed by atoms with van der Waals surface area (Å²) in [4.78, 5) is 0. The van der Waals surface area contributed by atoms with E-state index in [2.05, 4.69) is 64.1 Å². The number of hydrogen-bond donors (Lipinski definition) is 0. The van der Waals surface area contributed by atoms with Crippen LogP contribution >= 0.6 is 11.3 Å². The van der Waals surface area contributed by atoms with Crippen LogP contribution in [-0.2, 0) is 0 Å². The van der Waals surface area contributed by atoms with Crippen molar-refractivity contribution in [3.63, 3.8) is 0 Å². The van der Waals surface area contributed by atoms with Gasteiger partial charge in [0.15, 0.2) is 0 Å². The molecule has 0 spiro atoms. The maximum Gasteiger partial charge on any atom is 0.0358 e. The van der Waals surface area contributed by atoms with Crippen LogP contribution in [0, 0.1) is 0 Å². The normalized spacial score (nSPS) is 12.1. The van der Waals surface area contributed by atoms with Gasteiger partial charge in [-0.15, -0.1) is 11.3 Å². The average molecular weight is 268 g/mol. The van der Waals surface area contributed by atoms with Crippen molar-refractivity contribution in [1.82, 2.24) is 0 Å². The van der Waals surface area contributed by atoms with E-state index in [-0.39, 0.29) is 0 Å². The lowest BCUT2D eigenvalue weighted by atomic mass is 10.00. The van der Waals surface area contributed by atoms with E-state index in [4.69, 9.17) is 0 Å². The zero-order valence-corrected chi connectivity index (χ0v) is 12.8. The average Bonchev–Trinajstić information content (AvgIpc) is 2.74. The summed E-state index contributed by atoms with van der Waals surface area (Å²) in [6.45, 7) is 9.02. The molecule has 2 aromatic carbocycles. The second-order valence-electron chi connectivity index (χ2n) is 5.92. The highest BCUT2D eigenvalue weighted by Gasteiger charge is 2.09. The third-order valence-electron chi connectivity index (χ3n) is 3.85. The predicted molar refractivity (Wildman–Crippen MR) is 87.5 cm³/mol. The zero-order valence-electron chi connectivity index (χ0n) is 12.0. The van der Waals surface area contributed by atoms with Crippen LogP contribution in [0.3, 0.4) is 0 Å². The summed E-state index contributed by atoms with van der Waals surface area (Å²) in [6, 6.07) is 13.8. The second kappa shape index (κ2) is 4.64. The van der Waals surface area contributed by atoms with E-state index in [1.165, 1.54) is 31.3 Å². The van der Waals surface area contributed by atoms with Gasteiger partial charge in [0.2, 0.25) is 0 Å². The van der Waals surface area contributed by atoms with Gasteiger partial charge in [-0.05, 0) is 35.1 Å². The second-order valence-corrected chi connectivity index (χ2v) is 7.01. The molecule has 3 aromatic rings. The number of rotatable bonds is 2. The van der Waals surface area contributed by atoms with Crippen molar-refractivity contribution in [2.75, 3.05) is 0 Å². The molecule has 0 radical (unpaired) electrons. The fraction of sp³-hybridized carbons (Fsp3) is 0.333. The molecule has 0 aliphatic rings. The first-order valence-electron chi connectivity index (χ1n) is 7.02. The number of hydrogen-bond acceptors (Lipinski definition) is 1. The molecule has 0 bridgehead atoms. The van der Waals surface area contributed by atoms with Crippen molar-refractivity contribution in [3.8, 4) is 0 Å². The SMILES string of the molecule is CC(C)c1ccc2c(c1)sc1cc(C(C)C)ccc12. The molecule has 0 saturated heterocycles. The Morgan fingerprint density at radius 3 is 1.47 bits per heavy atom. The Morgan fingerprint density at radius 2 is 1.11 bits per heavy atom. The Balaban J connectivity index is 2.25. The van der Waals surface area contributed by atoms with E-state index in [0.29, 0.717) is 11.8 Å². The standard InChI is InChI=1S/C18H20S/c1-11(2)13-5-7-15-16-8-6-14(12(3)4)10-18(16)19-17(15)9-13/h5-12H,1-4H3. The van der Waals surface area contributed by atoms with Crippen molar-refractivity contribution in [3.05, 3.63) is 47.5 Å². The Kier molecular flexibility index (Phi) is 3.10. The quantitative estimate of drug-likeness (QED) is 0.511. The van der Waals surface area contributed by atoms with Gasteiger partial charge in [0.1, 0.15) is 0 Å². The Morgan fingerprint density at radius 1 is 0.684 bits per heavy atom. The summed E-state index contributed by atoms with van der Waals surface area (Å²) in [5, 5.41) is 2.81. The van der Waals surface area contributed by atoms with Gasteiger partial charge in [0.05, 0.1) is 0 Å². The summed E-state index contributed by atoms with van der Waals surface area (Å²) >= 11 is 1.92. The summed E-state index contributed by atoms with van der Waals surface area (Å²) in [5.41, 5.74) is 2.87. The maximum absolute atomic E-state index is 2.36. The Hall–Kier alpha value is -1.34. The molecule has 0 aliphatic carbocycles. The maximum atomic E-state index is 2.36. The third-order valence-corrected chi connectivity index (χ3v) is 4.97. The van der Waals surface area contributed by atoms with Gasteiger partial charge >= 0.3 is 0 Å². The van der Waals surface area contributed by atoms with Crippen LogP contribution in [0.4, 0.5) is 0 Å². The fourth-order valence-electron chi connectivity index (χ4n) is 2.53. The van der Waals surface area contributed by atoms with Gasteiger partial charge in [-0.3, -0.25) is 0 Å². The lowest BCUT2D eigenvalue weighted by Gasteiger charge is -2.05. The molecule has 0 unspecified atom stereocenters. The van der Waals surface area contributed by atoms with Crippen molar-refractivity contribution in [2.45, 2.75) is 39.5 Å². The molecular formula is C18H20S. The molecular weight excluding hydrogens is 248 g/mol. The van der Waals surface area contributed by atoms with Gasteiger partial charge in [0, 0.05) is 20.2 Å². The zero-order chi connectivity index (χ0) is 13.6. The minimum Gasteiger partial charge on any atom is -0.135 e. The molecule has 0 atom stereocenters. The minimum atomic E-state index is 0.598. The first-order chi connectivity index (χ1) is 9.06. The van der Waals surface area contributed by atoms with Crippen molar-refractivity contribution in [2.24, 2.45) is 0 Å². The van der Waals surface area contributed by atoms with Crippen LogP contribution in [0.2, 0.25) is 0 Å². The molecule has 98 valence electrons.